The van der Waals surface area contributed by atoms with E-state index in [4.69, 9.17) is 18.9 Å². The number of hydrogen-bond acceptors (Lipinski definition) is 8. The number of nitrogens with zero attached hydrogens (tertiary/aromatic N) is 2. The first-order valence-electron chi connectivity index (χ1n) is 14.3. The van der Waals surface area contributed by atoms with Crippen LogP contribution in [0.5, 0.6) is 0 Å². The van der Waals surface area contributed by atoms with Gasteiger partial charge in [-0.2, -0.15) is 0 Å². The summed E-state index contributed by atoms with van der Waals surface area (Å²) in [5.74, 6) is -0.569. The van der Waals surface area contributed by atoms with Crippen LogP contribution in [0.3, 0.4) is 0 Å². The molecular weight excluding hydrogens is 522 g/mol. The van der Waals surface area contributed by atoms with Crippen molar-refractivity contribution in [3.05, 3.63) is 95.3 Å². The Morgan fingerprint density at radius 2 is 1.80 bits per heavy atom. The molecule has 0 saturated carbocycles. The van der Waals surface area contributed by atoms with Crippen molar-refractivity contribution in [2.24, 2.45) is 5.92 Å². The van der Waals surface area contributed by atoms with E-state index in [2.05, 4.69) is 22.1 Å². The van der Waals surface area contributed by atoms with Gasteiger partial charge in [-0.3, -0.25) is 9.78 Å². The smallest absolute Gasteiger partial charge is 0.257 e. The second-order valence-corrected chi connectivity index (χ2v) is 11.1. The fourth-order valence-electron chi connectivity index (χ4n) is 5.91. The van der Waals surface area contributed by atoms with Gasteiger partial charge in [-0.25, -0.2) is 0 Å². The Morgan fingerprint density at radius 1 is 1.02 bits per heavy atom. The third-order valence-electron chi connectivity index (χ3n) is 8.33. The molecular formula is C32H37N3O6. The summed E-state index contributed by atoms with van der Waals surface area (Å²) in [6.07, 6.45) is 3.95. The lowest BCUT2D eigenvalue weighted by atomic mass is 9.89. The summed E-state index contributed by atoms with van der Waals surface area (Å²) >= 11 is 0. The van der Waals surface area contributed by atoms with Gasteiger partial charge >= 0.3 is 0 Å². The Labute approximate surface area is 240 Å². The first-order valence-corrected chi connectivity index (χ1v) is 14.3. The molecule has 216 valence electrons. The number of rotatable bonds is 7. The van der Waals surface area contributed by atoms with E-state index in [9.17, 15) is 9.90 Å². The Bertz CT molecular complexity index is 1300. The fraction of sp³-hybridized carbons (Fsp3) is 0.438. The fourth-order valence-corrected chi connectivity index (χ4v) is 5.91. The lowest BCUT2D eigenvalue weighted by Crippen LogP contribution is -2.50. The number of amides is 1. The number of carbonyl (C=O) groups is 1. The van der Waals surface area contributed by atoms with Crippen LogP contribution in [0.4, 0.5) is 5.69 Å². The van der Waals surface area contributed by atoms with Gasteiger partial charge < -0.3 is 34.3 Å². The molecule has 0 aliphatic carbocycles. The van der Waals surface area contributed by atoms with Crippen LogP contribution in [0.2, 0.25) is 0 Å². The van der Waals surface area contributed by atoms with Crippen LogP contribution in [-0.4, -0.2) is 65.6 Å². The number of aliphatic hydroxyl groups is 1. The summed E-state index contributed by atoms with van der Waals surface area (Å²) in [6, 6.07) is 19.0. The van der Waals surface area contributed by atoms with Gasteiger partial charge in [0.15, 0.2) is 12.1 Å². The summed E-state index contributed by atoms with van der Waals surface area (Å²) in [5, 5.41) is 12.5. The lowest BCUT2D eigenvalue weighted by molar-refractivity contribution is -0.278. The maximum Gasteiger partial charge on any atom is 0.257 e. The number of hydrogen-bond donors (Lipinski definition) is 2. The van der Waals surface area contributed by atoms with Gasteiger partial charge in [0.1, 0.15) is 0 Å². The summed E-state index contributed by atoms with van der Waals surface area (Å²) in [7, 11) is 0. The number of aliphatic hydroxyl groups excluding tert-OH is 1. The van der Waals surface area contributed by atoms with E-state index in [1.165, 1.54) is 0 Å². The molecule has 4 atom stereocenters. The molecule has 0 unspecified atom stereocenters. The van der Waals surface area contributed by atoms with Crippen LogP contribution in [0.25, 0.3) is 0 Å². The minimum absolute atomic E-state index is 0.00282. The number of anilines is 1. The maximum atomic E-state index is 12.7. The molecule has 9 nitrogen and oxygen atoms in total. The molecule has 1 amide bonds. The zero-order valence-corrected chi connectivity index (χ0v) is 23.3. The van der Waals surface area contributed by atoms with Crippen LogP contribution in [-0.2, 0) is 25.6 Å². The molecule has 3 fully saturated rings. The van der Waals surface area contributed by atoms with Crippen molar-refractivity contribution in [2.75, 3.05) is 38.2 Å². The molecule has 3 saturated heterocycles. The van der Waals surface area contributed by atoms with E-state index >= 15 is 0 Å². The lowest BCUT2D eigenvalue weighted by Gasteiger charge is -2.44. The molecule has 4 heterocycles. The number of carbonyl (C=O) groups excluding carboxylic acids is 1. The summed E-state index contributed by atoms with van der Waals surface area (Å²) in [4.78, 5) is 19.2. The number of benzene rings is 2. The van der Waals surface area contributed by atoms with Gasteiger partial charge in [0.25, 0.3) is 5.91 Å². The van der Waals surface area contributed by atoms with Gasteiger partial charge in [0, 0.05) is 62.0 Å². The second kappa shape index (κ2) is 12.4. The van der Waals surface area contributed by atoms with E-state index in [0.29, 0.717) is 24.5 Å². The summed E-state index contributed by atoms with van der Waals surface area (Å²) in [6.45, 7) is 6.02. The van der Waals surface area contributed by atoms with Crippen LogP contribution >= 0.6 is 0 Å². The monoisotopic (exact) mass is 559 g/mol. The normalized spacial score (nSPS) is 26.2. The molecule has 6 rings (SSSR count). The minimum Gasteiger partial charge on any atom is -0.392 e. The molecule has 2 aromatic carbocycles. The van der Waals surface area contributed by atoms with Crippen molar-refractivity contribution >= 4 is 11.6 Å². The average Bonchev–Trinajstić information content (AvgIpc) is 3.48. The van der Waals surface area contributed by atoms with Gasteiger partial charge in [0.05, 0.1) is 37.6 Å². The highest BCUT2D eigenvalue weighted by Gasteiger charge is 2.43. The first-order chi connectivity index (χ1) is 20.0. The third kappa shape index (κ3) is 6.35. The van der Waals surface area contributed by atoms with Gasteiger partial charge in [-0.05, 0) is 35.4 Å². The van der Waals surface area contributed by atoms with Gasteiger partial charge in [-0.15, -0.1) is 0 Å². The third-order valence-corrected chi connectivity index (χ3v) is 8.33. The first kappa shape index (κ1) is 28.0. The van der Waals surface area contributed by atoms with Crippen molar-refractivity contribution < 1.29 is 28.8 Å². The highest BCUT2D eigenvalue weighted by Crippen LogP contribution is 2.42. The molecule has 1 aromatic heterocycles. The Morgan fingerprint density at radius 3 is 2.51 bits per heavy atom. The molecule has 41 heavy (non-hydrogen) atoms. The highest BCUT2D eigenvalue weighted by atomic mass is 16.7. The predicted octanol–water partition coefficient (Wildman–Crippen LogP) is 4.46. The van der Waals surface area contributed by atoms with Crippen LogP contribution < -0.4 is 5.32 Å². The van der Waals surface area contributed by atoms with Crippen LogP contribution in [0, 0.1) is 5.92 Å². The summed E-state index contributed by atoms with van der Waals surface area (Å²) < 4.78 is 25.1. The molecule has 1 spiro atoms. The van der Waals surface area contributed by atoms with Crippen molar-refractivity contribution in [1.29, 1.82) is 0 Å². The van der Waals surface area contributed by atoms with Crippen LogP contribution in [0.15, 0.2) is 73.1 Å². The summed E-state index contributed by atoms with van der Waals surface area (Å²) in [5.41, 5.74) is 3.87. The Balaban J connectivity index is 1.21. The molecule has 3 aromatic rings. The molecule has 9 heteroatoms. The molecule has 2 N–H and O–H groups in total. The number of ether oxygens (including phenoxy) is 4. The maximum absolute atomic E-state index is 12.7. The molecule has 3 aliphatic heterocycles. The largest absolute Gasteiger partial charge is 0.392 e. The van der Waals surface area contributed by atoms with Crippen molar-refractivity contribution in [1.82, 2.24) is 9.88 Å². The average molecular weight is 560 g/mol. The predicted molar refractivity (Wildman–Crippen MR) is 152 cm³/mol. The van der Waals surface area contributed by atoms with E-state index in [1.807, 2.05) is 48.5 Å². The quantitative estimate of drug-likeness (QED) is 0.438. The van der Waals surface area contributed by atoms with E-state index in [1.54, 1.807) is 24.5 Å². The molecule has 3 aliphatic rings. The van der Waals surface area contributed by atoms with E-state index < -0.39 is 12.1 Å². The number of aromatic nitrogens is 1. The zero-order chi connectivity index (χ0) is 28.2. The van der Waals surface area contributed by atoms with E-state index in [-0.39, 0.29) is 30.6 Å². The Kier molecular flexibility index (Phi) is 8.43. The van der Waals surface area contributed by atoms with Crippen LogP contribution in [0.1, 0.15) is 59.2 Å². The standard InChI is InChI=1S/C32H37N3O6/c1-22-28(20-35-14-11-32(12-15-35)38-16-17-39-32)40-31(41-29(22)24-9-7-23(21-36)8-10-24)25-4-2-6-27(18-25)34-30(37)26-5-3-13-33-19-26/h2-10,13,18-19,22,28-29,31,36H,11-12,14-17,20-21H2,1H3,(H,34,37)/t22-,28+,29+,31+/m1/s1. The highest BCUT2D eigenvalue weighted by molar-refractivity contribution is 6.04. The topological polar surface area (TPSA) is 102 Å². The minimum atomic E-state index is -0.619. The number of pyridine rings is 1. The van der Waals surface area contributed by atoms with Crippen molar-refractivity contribution in [3.8, 4) is 0 Å². The van der Waals surface area contributed by atoms with Crippen molar-refractivity contribution in [3.63, 3.8) is 0 Å². The second-order valence-electron chi connectivity index (χ2n) is 11.1. The number of likely N-dealkylation sites (tertiary alicyclic amines) is 1. The SMILES string of the molecule is C[C@@H]1[C@H](CN2CCC3(CC2)OCCO3)O[C@H](c2cccc(NC(=O)c3cccnc3)c2)O[C@@H]1c1ccc(CO)cc1. The number of nitrogens with one attached hydrogen (secondary N) is 1. The van der Waals surface area contributed by atoms with Crippen molar-refractivity contribution in [2.45, 2.75) is 50.7 Å². The number of piperidine rings is 1. The Hall–Kier alpha value is -3.18. The van der Waals surface area contributed by atoms with E-state index in [0.717, 1.165) is 49.2 Å². The van der Waals surface area contributed by atoms with Gasteiger partial charge in [-0.1, -0.05) is 43.3 Å². The van der Waals surface area contributed by atoms with Gasteiger partial charge in [0.2, 0.25) is 0 Å². The zero-order valence-electron chi connectivity index (χ0n) is 23.3. The molecule has 0 radical (unpaired) electrons. The molecule has 0 bridgehead atoms.